The topological polar surface area (TPSA) is 21.3 Å². The molecular weight excluding hydrogens is 194 g/mol. The third kappa shape index (κ3) is 2.88. The highest BCUT2D eigenvalue weighted by atomic mass is 32.2. The van der Waals surface area contributed by atoms with Gasteiger partial charge in [-0.1, -0.05) is 0 Å². The van der Waals surface area contributed by atoms with Crippen LogP contribution in [0.1, 0.15) is 25.7 Å². The van der Waals surface area contributed by atoms with Crippen molar-refractivity contribution in [2.45, 2.75) is 30.4 Å². The maximum atomic E-state index is 5.35. The molecule has 2 nitrogen and oxygen atoms in total. The van der Waals surface area contributed by atoms with E-state index in [4.69, 9.17) is 4.74 Å². The van der Waals surface area contributed by atoms with Gasteiger partial charge in [0.2, 0.25) is 0 Å². The molecule has 2 aliphatic rings. The van der Waals surface area contributed by atoms with E-state index in [0.29, 0.717) is 4.75 Å². The Balaban J connectivity index is 1.58. The molecule has 0 unspecified atom stereocenters. The molecule has 0 amide bonds. The maximum Gasteiger partial charge on any atom is 0.0469 e. The molecule has 0 aromatic carbocycles. The molecule has 0 atom stereocenters. The number of rotatable bonds is 5. The highest BCUT2D eigenvalue weighted by Crippen LogP contribution is 2.46. The van der Waals surface area contributed by atoms with Crippen LogP contribution in [-0.2, 0) is 4.74 Å². The van der Waals surface area contributed by atoms with Gasteiger partial charge in [-0.15, -0.1) is 0 Å². The summed E-state index contributed by atoms with van der Waals surface area (Å²) in [7, 11) is 0. The normalized spacial score (nSPS) is 26.4. The molecule has 14 heavy (non-hydrogen) atoms. The van der Waals surface area contributed by atoms with Crippen LogP contribution in [0.2, 0.25) is 0 Å². The fourth-order valence-electron chi connectivity index (χ4n) is 2.05. The van der Waals surface area contributed by atoms with Gasteiger partial charge < -0.3 is 10.1 Å². The quantitative estimate of drug-likeness (QED) is 0.757. The van der Waals surface area contributed by atoms with Gasteiger partial charge in [0, 0.05) is 24.5 Å². The van der Waals surface area contributed by atoms with Gasteiger partial charge in [-0.05, 0) is 44.4 Å². The average molecular weight is 215 g/mol. The lowest BCUT2D eigenvalue weighted by atomic mass is 10.0. The smallest absolute Gasteiger partial charge is 0.0469 e. The van der Waals surface area contributed by atoms with Crippen molar-refractivity contribution in [1.29, 1.82) is 0 Å². The molecule has 1 saturated heterocycles. The molecule has 1 aliphatic heterocycles. The summed E-state index contributed by atoms with van der Waals surface area (Å²) in [4.78, 5) is 0. The first-order valence-corrected chi connectivity index (χ1v) is 6.91. The maximum absolute atomic E-state index is 5.35. The van der Waals surface area contributed by atoms with Crippen molar-refractivity contribution in [3.63, 3.8) is 0 Å². The summed E-state index contributed by atoms with van der Waals surface area (Å²) >= 11 is 2.04. The van der Waals surface area contributed by atoms with Crippen molar-refractivity contribution in [3.8, 4) is 0 Å². The van der Waals surface area contributed by atoms with Crippen molar-refractivity contribution in [2.24, 2.45) is 5.92 Å². The van der Waals surface area contributed by atoms with Gasteiger partial charge in [-0.2, -0.15) is 11.8 Å². The molecule has 0 aromatic rings. The molecule has 2 fully saturated rings. The summed E-state index contributed by atoms with van der Waals surface area (Å²) in [5.74, 6) is 0.862. The van der Waals surface area contributed by atoms with E-state index in [1.54, 1.807) is 0 Å². The number of hydrogen-bond donors (Lipinski definition) is 1. The Labute approximate surface area is 91.2 Å². The molecule has 1 N–H and O–H groups in total. The lowest BCUT2D eigenvalue weighted by molar-refractivity contribution is 0.0663. The number of thioether (sulfide) groups is 1. The van der Waals surface area contributed by atoms with Gasteiger partial charge in [0.1, 0.15) is 0 Å². The van der Waals surface area contributed by atoms with Gasteiger partial charge in [-0.3, -0.25) is 0 Å². The van der Waals surface area contributed by atoms with Crippen LogP contribution in [0.15, 0.2) is 0 Å². The van der Waals surface area contributed by atoms with Crippen molar-refractivity contribution in [2.75, 3.05) is 32.6 Å². The Kier molecular flexibility index (Phi) is 3.74. The fourth-order valence-corrected chi connectivity index (χ4v) is 2.80. The zero-order valence-electron chi connectivity index (χ0n) is 9.05. The fraction of sp³-hybridized carbons (Fsp3) is 1.00. The molecule has 1 saturated carbocycles. The predicted molar refractivity (Wildman–Crippen MR) is 61.9 cm³/mol. The first kappa shape index (κ1) is 10.8. The Bertz CT molecular complexity index is 176. The summed E-state index contributed by atoms with van der Waals surface area (Å²) in [5, 5.41) is 3.63. The zero-order chi connectivity index (χ0) is 9.86. The Morgan fingerprint density at radius 3 is 2.64 bits per heavy atom. The van der Waals surface area contributed by atoms with Crippen LogP contribution < -0.4 is 5.32 Å². The summed E-state index contributed by atoms with van der Waals surface area (Å²) in [5.41, 5.74) is 0. The highest BCUT2D eigenvalue weighted by Gasteiger charge is 2.41. The largest absolute Gasteiger partial charge is 0.381 e. The lowest BCUT2D eigenvalue weighted by Gasteiger charge is -2.23. The van der Waals surface area contributed by atoms with Crippen LogP contribution in [0.3, 0.4) is 0 Å². The molecule has 0 spiro atoms. The van der Waals surface area contributed by atoms with Crippen LogP contribution in [0, 0.1) is 5.92 Å². The summed E-state index contributed by atoms with van der Waals surface area (Å²) in [6.07, 6.45) is 7.56. The van der Waals surface area contributed by atoms with E-state index >= 15 is 0 Å². The average Bonchev–Trinajstić information content (AvgIpc) is 3.00. The minimum absolute atomic E-state index is 0.616. The summed E-state index contributed by atoms with van der Waals surface area (Å²) in [6, 6.07) is 0. The van der Waals surface area contributed by atoms with Crippen LogP contribution in [0.5, 0.6) is 0 Å². The number of ether oxygens (including phenoxy) is 1. The third-order valence-electron chi connectivity index (χ3n) is 3.46. The molecule has 2 rings (SSSR count). The highest BCUT2D eigenvalue weighted by molar-refractivity contribution is 8.00. The molecule has 1 heterocycles. The second-order valence-electron chi connectivity index (χ2n) is 4.57. The minimum Gasteiger partial charge on any atom is -0.381 e. The van der Waals surface area contributed by atoms with Gasteiger partial charge in [-0.25, -0.2) is 0 Å². The van der Waals surface area contributed by atoms with Crippen LogP contribution in [0.4, 0.5) is 0 Å². The zero-order valence-corrected chi connectivity index (χ0v) is 9.87. The van der Waals surface area contributed by atoms with Gasteiger partial charge in [0.05, 0.1) is 0 Å². The van der Waals surface area contributed by atoms with Crippen molar-refractivity contribution in [1.82, 2.24) is 5.32 Å². The predicted octanol–water partition coefficient (Wildman–Crippen LogP) is 1.90. The molecule has 3 heteroatoms. The minimum atomic E-state index is 0.616. The first-order chi connectivity index (χ1) is 6.85. The summed E-state index contributed by atoms with van der Waals surface area (Å²) in [6.45, 7) is 4.36. The molecule has 0 aromatic heterocycles. The summed E-state index contributed by atoms with van der Waals surface area (Å²) < 4.78 is 5.96. The van der Waals surface area contributed by atoms with Crippen molar-refractivity contribution < 1.29 is 4.74 Å². The molecular formula is C11H21NOS. The van der Waals surface area contributed by atoms with Crippen LogP contribution in [-0.4, -0.2) is 37.3 Å². The number of nitrogens with one attached hydrogen (secondary N) is 1. The Morgan fingerprint density at radius 1 is 1.36 bits per heavy atom. The van der Waals surface area contributed by atoms with E-state index in [1.165, 1.54) is 38.8 Å². The second-order valence-corrected chi connectivity index (χ2v) is 5.85. The Hall–Kier alpha value is 0.270. The van der Waals surface area contributed by atoms with E-state index in [-0.39, 0.29) is 0 Å². The molecule has 0 bridgehead atoms. The second kappa shape index (κ2) is 4.86. The molecule has 82 valence electrons. The van der Waals surface area contributed by atoms with Crippen molar-refractivity contribution in [3.05, 3.63) is 0 Å². The van der Waals surface area contributed by atoms with E-state index < -0.39 is 0 Å². The number of hydrogen-bond acceptors (Lipinski definition) is 3. The SMILES string of the molecule is CSC1(CNCC2CCOCC2)CC1. The van der Waals surface area contributed by atoms with Crippen molar-refractivity contribution >= 4 is 11.8 Å². The standard InChI is InChI=1S/C11H21NOS/c1-14-11(4-5-11)9-12-8-10-2-6-13-7-3-10/h10,12H,2-9H2,1H3. The van der Waals surface area contributed by atoms with E-state index in [0.717, 1.165) is 19.1 Å². The lowest BCUT2D eigenvalue weighted by Crippen LogP contribution is -2.32. The van der Waals surface area contributed by atoms with Crippen LogP contribution >= 0.6 is 11.8 Å². The van der Waals surface area contributed by atoms with Crippen LogP contribution in [0.25, 0.3) is 0 Å². The first-order valence-electron chi connectivity index (χ1n) is 5.68. The van der Waals surface area contributed by atoms with Gasteiger partial charge >= 0.3 is 0 Å². The monoisotopic (exact) mass is 215 g/mol. The molecule has 1 aliphatic carbocycles. The third-order valence-corrected chi connectivity index (χ3v) is 4.88. The van der Waals surface area contributed by atoms with E-state index in [9.17, 15) is 0 Å². The van der Waals surface area contributed by atoms with Gasteiger partial charge in [0.15, 0.2) is 0 Å². The van der Waals surface area contributed by atoms with Gasteiger partial charge in [0.25, 0.3) is 0 Å². The molecule has 0 radical (unpaired) electrons. The van der Waals surface area contributed by atoms with E-state index in [1.807, 2.05) is 11.8 Å². The van der Waals surface area contributed by atoms with E-state index in [2.05, 4.69) is 11.6 Å². The Morgan fingerprint density at radius 2 is 2.07 bits per heavy atom.